The van der Waals surface area contributed by atoms with Crippen LogP contribution >= 0.6 is 0 Å². The van der Waals surface area contributed by atoms with Gasteiger partial charge in [-0.2, -0.15) is 0 Å². The number of anilines is 1. The minimum atomic E-state index is -0.127. The van der Waals surface area contributed by atoms with Crippen LogP contribution in [0.3, 0.4) is 0 Å². The fraction of sp³-hybridized carbons (Fsp3) is 0.643. The maximum Gasteiger partial charge on any atom is 0.273 e. The zero-order chi connectivity index (χ0) is 14.4. The van der Waals surface area contributed by atoms with E-state index in [0.29, 0.717) is 5.69 Å². The minimum absolute atomic E-state index is 0.127. The van der Waals surface area contributed by atoms with Gasteiger partial charge < -0.3 is 15.1 Å². The standard InChI is InChI=1S/C14H23N5O/c1-18(2)14(20)12-6-7-13(17-16-12)15-8-5-11-19-9-3-4-10-19/h6-7H,3-5,8-11H2,1-2H3,(H,15,17). The largest absolute Gasteiger partial charge is 0.369 e. The van der Waals surface area contributed by atoms with Gasteiger partial charge in [0, 0.05) is 20.6 Å². The Morgan fingerprint density at radius 2 is 2.05 bits per heavy atom. The molecule has 1 aliphatic rings. The lowest BCUT2D eigenvalue weighted by atomic mass is 10.3. The number of nitrogens with one attached hydrogen (secondary N) is 1. The first kappa shape index (κ1) is 14.7. The number of likely N-dealkylation sites (tertiary alicyclic amines) is 1. The van der Waals surface area contributed by atoms with Crippen LogP contribution in [-0.4, -0.2) is 66.2 Å². The number of hydrogen-bond acceptors (Lipinski definition) is 5. The van der Waals surface area contributed by atoms with E-state index in [0.717, 1.165) is 25.3 Å². The van der Waals surface area contributed by atoms with Crippen LogP contribution in [0.5, 0.6) is 0 Å². The second-order valence-electron chi connectivity index (χ2n) is 5.33. The summed E-state index contributed by atoms with van der Waals surface area (Å²) < 4.78 is 0. The van der Waals surface area contributed by atoms with E-state index >= 15 is 0 Å². The zero-order valence-corrected chi connectivity index (χ0v) is 12.3. The van der Waals surface area contributed by atoms with Crippen LogP contribution in [0.1, 0.15) is 29.8 Å². The molecule has 0 spiro atoms. The van der Waals surface area contributed by atoms with Crippen molar-refractivity contribution in [3.05, 3.63) is 17.8 Å². The summed E-state index contributed by atoms with van der Waals surface area (Å²) in [6.45, 7) is 4.49. The number of nitrogens with zero attached hydrogens (tertiary/aromatic N) is 4. The molecular formula is C14H23N5O. The molecule has 1 aromatic heterocycles. The van der Waals surface area contributed by atoms with Crippen molar-refractivity contribution >= 4 is 11.7 Å². The van der Waals surface area contributed by atoms with Crippen molar-refractivity contribution < 1.29 is 4.79 Å². The summed E-state index contributed by atoms with van der Waals surface area (Å²) in [7, 11) is 3.41. The van der Waals surface area contributed by atoms with Gasteiger partial charge in [0.1, 0.15) is 5.82 Å². The predicted octanol–water partition coefficient (Wildman–Crippen LogP) is 1.08. The van der Waals surface area contributed by atoms with E-state index in [1.807, 2.05) is 0 Å². The fourth-order valence-corrected chi connectivity index (χ4v) is 2.30. The topological polar surface area (TPSA) is 61.4 Å². The maximum atomic E-state index is 11.7. The lowest BCUT2D eigenvalue weighted by Crippen LogP contribution is -2.23. The molecule has 1 N–H and O–H groups in total. The highest BCUT2D eigenvalue weighted by Gasteiger charge is 2.11. The first-order chi connectivity index (χ1) is 9.66. The smallest absolute Gasteiger partial charge is 0.273 e. The van der Waals surface area contributed by atoms with Crippen molar-refractivity contribution in [3.8, 4) is 0 Å². The lowest BCUT2D eigenvalue weighted by molar-refractivity contribution is 0.0821. The molecule has 2 rings (SSSR count). The minimum Gasteiger partial charge on any atom is -0.369 e. The molecular weight excluding hydrogens is 254 g/mol. The summed E-state index contributed by atoms with van der Waals surface area (Å²) in [6, 6.07) is 3.51. The van der Waals surface area contributed by atoms with Crippen LogP contribution < -0.4 is 5.32 Å². The van der Waals surface area contributed by atoms with Gasteiger partial charge in [-0.1, -0.05) is 0 Å². The highest BCUT2D eigenvalue weighted by atomic mass is 16.2. The third-order valence-corrected chi connectivity index (χ3v) is 3.45. The van der Waals surface area contributed by atoms with Crippen LogP contribution in [0.25, 0.3) is 0 Å². The van der Waals surface area contributed by atoms with Gasteiger partial charge in [0.25, 0.3) is 5.91 Å². The number of amides is 1. The molecule has 0 aromatic carbocycles. The molecule has 1 fully saturated rings. The van der Waals surface area contributed by atoms with E-state index < -0.39 is 0 Å². The Kier molecular flexibility index (Phi) is 5.29. The molecule has 1 aromatic rings. The summed E-state index contributed by atoms with van der Waals surface area (Å²) in [6.07, 6.45) is 3.76. The van der Waals surface area contributed by atoms with Gasteiger partial charge in [0.2, 0.25) is 0 Å². The van der Waals surface area contributed by atoms with Gasteiger partial charge in [-0.3, -0.25) is 4.79 Å². The number of aromatic nitrogens is 2. The number of hydrogen-bond donors (Lipinski definition) is 1. The molecule has 20 heavy (non-hydrogen) atoms. The van der Waals surface area contributed by atoms with Crippen molar-refractivity contribution in [1.82, 2.24) is 20.0 Å². The van der Waals surface area contributed by atoms with E-state index in [-0.39, 0.29) is 5.91 Å². The summed E-state index contributed by atoms with van der Waals surface area (Å²) in [5, 5.41) is 11.2. The zero-order valence-electron chi connectivity index (χ0n) is 12.3. The molecule has 0 unspecified atom stereocenters. The molecule has 1 amide bonds. The Morgan fingerprint density at radius 3 is 2.65 bits per heavy atom. The van der Waals surface area contributed by atoms with Crippen molar-refractivity contribution in [3.63, 3.8) is 0 Å². The Labute approximate surface area is 120 Å². The van der Waals surface area contributed by atoms with Crippen LogP contribution in [0.2, 0.25) is 0 Å². The van der Waals surface area contributed by atoms with Crippen molar-refractivity contribution in [1.29, 1.82) is 0 Å². The average Bonchev–Trinajstić information content (AvgIpc) is 2.96. The Bertz CT molecular complexity index is 426. The van der Waals surface area contributed by atoms with E-state index in [2.05, 4.69) is 20.4 Å². The SMILES string of the molecule is CN(C)C(=O)c1ccc(NCCCN2CCCC2)nn1. The lowest BCUT2D eigenvalue weighted by Gasteiger charge is -2.14. The summed E-state index contributed by atoms with van der Waals surface area (Å²) in [4.78, 5) is 15.6. The van der Waals surface area contributed by atoms with Crippen molar-refractivity contribution in [2.24, 2.45) is 0 Å². The van der Waals surface area contributed by atoms with Gasteiger partial charge in [0.05, 0.1) is 0 Å². The Hall–Kier alpha value is -1.69. The highest BCUT2D eigenvalue weighted by molar-refractivity contribution is 5.91. The third-order valence-electron chi connectivity index (χ3n) is 3.45. The van der Waals surface area contributed by atoms with E-state index in [4.69, 9.17) is 0 Å². The quantitative estimate of drug-likeness (QED) is 0.788. The summed E-state index contributed by atoms with van der Waals surface area (Å²) in [5.41, 5.74) is 0.373. The molecule has 0 aliphatic carbocycles. The monoisotopic (exact) mass is 277 g/mol. The highest BCUT2D eigenvalue weighted by Crippen LogP contribution is 2.08. The number of carbonyl (C=O) groups excluding carboxylic acids is 1. The third kappa shape index (κ3) is 4.16. The molecule has 0 radical (unpaired) electrons. The molecule has 6 heteroatoms. The number of carbonyl (C=O) groups is 1. The van der Waals surface area contributed by atoms with Crippen LogP contribution in [0.15, 0.2) is 12.1 Å². The fourth-order valence-electron chi connectivity index (χ4n) is 2.30. The Balaban J connectivity index is 1.72. The van der Waals surface area contributed by atoms with Crippen LogP contribution in [-0.2, 0) is 0 Å². The molecule has 110 valence electrons. The molecule has 0 bridgehead atoms. The van der Waals surface area contributed by atoms with Crippen molar-refractivity contribution in [2.75, 3.05) is 45.6 Å². The number of rotatable bonds is 6. The molecule has 1 saturated heterocycles. The second-order valence-corrected chi connectivity index (χ2v) is 5.33. The molecule has 2 heterocycles. The average molecular weight is 277 g/mol. The second kappa shape index (κ2) is 7.19. The van der Waals surface area contributed by atoms with Crippen LogP contribution in [0, 0.1) is 0 Å². The maximum absolute atomic E-state index is 11.7. The first-order valence-corrected chi connectivity index (χ1v) is 7.18. The Morgan fingerprint density at radius 1 is 1.30 bits per heavy atom. The van der Waals surface area contributed by atoms with E-state index in [1.54, 1.807) is 26.2 Å². The van der Waals surface area contributed by atoms with Crippen LogP contribution in [0.4, 0.5) is 5.82 Å². The van der Waals surface area contributed by atoms with Crippen molar-refractivity contribution in [2.45, 2.75) is 19.3 Å². The van der Waals surface area contributed by atoms with Gasteiger partial charge >= 0.3 is 0 Å². The first-order valence-electron chi connectivity index (χ1n) is 7.18. The summed E-state index contributed by atoms with van der Waals surface area (Å²) in [5.74, 6) is 0.597. The predicted molar refractivity (Wildman–Crippen MR) is 78.8 cm³/mol. The van der Waals surface area contributed by atoms with Gasteiger partial charge in [0.15, 0.2) is 5.69 Å². The normalized spacial score (nSPS) is 15.3. The molecule has 0 atom stereocenters. The van der Waals surface area contributed by atoms with Gasteiger partial charge in [-0.15, -0.1) is 10.2 Å². The molecule has 1 aliphatic heterocycles. The van der Waals surface area contributed by atoms with Gasteiger partial charge in [-0.05, 0) is 51.0 Å². The van der Waals surface area contributed by atoms with E-state index in [1.165, 1.54) is 30.8 Å². The van der Waals surface area contributed by atoms with Gasteiger partial charge in [-0.25, -0.2) is 0 Å². The molecule has 0 saturated carbocycles. The van der Waals surface area contributed by atoms with E-state index in [9.17, 15) is 4.79 Å². The molecule has 6 nitrogen and oxygen atoms in total. The summed E-state index contributed by atoms with van der Waals surface area (Å²) >= 11 is 0.